The topological polar surface area (TPSA) is 127 Å². The number of carbonyl (C=O) groups is 1. The number of hydrogen-bond acceptors (Lipinski definition) is 7. The average molecular weight is 399 g/mol. The molecule has 9 nitrogen and oxygen atoms in total. The lowest BCUT2D eigenvalue weighted by molar-refractivity contribution is 0.0998. The molecule has 0 aliphatic carbocycles. The molecule has 1 amide bonds. The number of rotatable bonds is 7. The fourth-order valence-electron chi connectivity index (χ4n) is 3.57. The van der Waals surface area contributed by atoms with Gasteiger partial charge in [0.2, 0.25) is 0 Å². The van der Waals surface area contributed by atoms with Crippen LogP contribution in [-0.4, -0.2) is 28.7 Å². The molecule has 0 spiro atoms. The zero-order valence-electron chi connectivity index (χ0n) is 16.1. The van der Waals surface area contributed by atoms with Crippen LogP contribution in [0.5, 0.6) is 11.5 Å². The minimum Gasteiger partial charge on any atom is -0.504 e. The molecule has 0 saturated heterocycles. The van der Waals surface area contributed by atoms with Crippen LogP contribution in [-0.2, 0) is 6.42 Å². The SMILES string of the molecule is CC(C)C1Cc2cc(OCCCN=O)c(O)cc2-c2cc(=O)c(C(=O)N=O)cn21. The molecule has 9 heteroatoms. The summed E-state index contributed by atoms with van der Waals surface area (Å²) in [5, 5.41) is 15.5. The molecule has 1 aliphatic rings. The van der Waals surface area contributed by atoms with Gasteiger partial charge in [0.25, 0.3) is 0 Å². The second-order valence-electron chi connectivity index (χ2n) is 7.29. The molecule has 29 heavy (non-hydrogen) atoms. The fourth-order valence-corrected chi connectivity index (χ4v) is 3.57. The van der Waals surface area contributed by atoms with Crippen molar-refractivity contribution < 1.29 is 14.6 Å². The van der Waals surface area contributed by atoms with Crippen molar-refractivity contribution in [1.82, 2.24) is 4.57 Å². The van der Waals surface area contributed by atoms with Crippen molar-refractivity contribution in [1.29, 1.82) is 0 Å². The van der Waals surface area contributed by atoms with E-state index in [0.717, 1.165) is 5.56 Å². The number of nitrogens with zero attached hydrogens (tertiary/aromatic N) is 3. The van der Waals surface area contributed by atoms with Gasteiger partial charge in [-0.3, -0.25) is 9.59 Å². The molecule has 1 N–H and O–H groups in total. The van der Waals surface area contributed by atoms with Crippen LogP contribution in [0.1, 0.15) is 42.2 Å². The van der Waals surface area contributed by atoms with Gasteiger partial charge in [-0.25, -0.2) is 0 Å². The maximum absolute atomic E-state index is 12.4. The summed E-state index contributed by atoms with van der Waals surface area (Å²) in [6.07, 6.45) is 2.40. The Bertz CT molecular complexity index is 1030. The lowest BCUT2D eigenvalue weighted by atomic mass is 9.87. The number of aromatic nitrogens is 1. The Balaban J connectivity index is 2.09. The Kier molecular flexibility index (Phi) is 5.86. The van der Waals surface area contributed by atoms with E-state index in [1.54, 1.807) is 10.6 Å². The predicted octanol–water partition coefficient (Wildman–Crippen LogP) is 3.42. The molecule has 1 atom stereocenters. The number of carbonyl (C=O) groups excluding carboxylic acids is 1. The Labute approximate surface area is 166 Å². The summed E-state index contributed by atoms with van der Waals surface area (Å²) in [6, 6.07) is 4.47. The van der Waals surface area contributed by atoms with Crippen LogP contribution in [0.2, 0.25) is 0 Å². The van der Waals surface area contributed by atoms with Crippen LogP contribution in [0.4, 0.5) is 0 Å². The van der Waals surface area contributed by atoms with Crippen LogP contribution in [0.15, 0.2) is 39.5 Å². The van der Waals surface area contributed by atoms with E-state index in [2.05, 4.69) is 10.4 Å². The Morgan fingerprint density at radius 2 is 2.07 bits per heavy atom. The van der Waals surface area contributed by atoms with Crippen molar-refractivity contribution in [3.63, 3.8) is 0 Å². The first-order chi connectivity index (χ1) is 13.9. The molecule has 2 heterocycles. The number of pyridine rings is 1. The van der Waals surface area contributed by atoms with Crippen LogP contribution in [0.25, 0.3) is 11.3 Å². The number of phenolic OH excluding ortho intramolecular Hbond substituents is 1. The summed E-state index contributed by atoms with van der Waals surface area (Å²) in [4.78, 5) is 44.9. The highest BCUT2D eigenvalue weighted by Crippen LogP contribution is 2.42. The van der Waals surface area contributed by atoms with E-state index in [1.165, 1.54) is 18.3 Å². The normalized spacial score (nSPS) is 14.8. The lowest BCUT2D eigenvalue weighted by Crippen LogP contribution is -2.28. The van der Waals surface area contributed by atoms with Crippen LogP contribution < -0.4 is 10.2 Å². The van der Waals surface area contributed by atoms with Crippen LogP contribution in [0, 0.1) is 15.7 Å². The third-order valence-electron chi connectivity index (χ3n) is 5.06. The van der Waals surface area contributed by atoms with E-state index in [0.29, 0.717) is 29.8 Å². The molecular formula is C20H21N3O6. The number of aromatic hydroxyl groups is 1. The standard InChI is InChI=1S/C20H21N3O6/c1-11(2)15-6-12-7-19(29-5-3-4-21-27)18(25)8-13(12)16-9-17(24)14(10-23(15)16)20(26)22-28/h7-11,15,25H,3-6H2,1-2H3. The summed E-state index contributed by atoms with van der Waals surface area (Å²) in [5.74, 6) is -0.743. The Hall–Kier alpha value is -3.36. The zero-order chi connectivity index (χ0) is 21.1. The number of hydrogen-bond donors (Lipinski definition) is 1. The Morgan fingerprint density at radius 1 is 1.31 bits per heavy atom. The van der Waals surface area contributed by atoms with E-state index >= 15 is 0 Å². The second-order valence-corrected chi connectivity index (χ2v) is 7.29. The van der Waals surface area contributed by atoms with Gasteiger partial charge in [0.1, 0.15) is 5.56 Å². The van der Waals surface area contributed by atoms with Gasteiger partial charge in [-0.05, 0) is 30.0 Å². The largest absolute Gasteiger partial charge is 0.504 e. The first-order valence-corrected chi connectivity index (χ1v) is 9.29. The van der Waals surface area contributed by atoms with E-state index < -0.39 is 11.3 Å². The highest BCUT2D eigenvalue weighted by molar-refractivity contribution is 5.94. The number of ether oxygens (including phenoxy) is 1. The number of amides is 1. The molecule has 0 fully saturated rings. The zero-order valence-corrected chi connectivity index (χ0v) is 16.1. The van der Waals surface area contributed by atoms with Gasteiger partial charge < -0.3 is 14.4 Å². The first kappa shape index (κ1) is 20.4. The predicted molar refractivity (Wildman–Crippen MR) is 106 cm³/mol. The summed E-state index contributed by atoms with van der Waals surface area (Å²) in [6.45, 7) is 4.41. The molecule has 0 radical (unpaired) electrons. The molecule has 1 aliphatic heterocycles. The molecule has 1 aromatic carbocycles. The van der Waals surface area contributed by atoms with Gasteiger partial charge in [-0.1, -0.05) is 19.0 Å². The van der Waals surface area contributed by atoms with Gasteiger partial charge in [0.05, 0.1) is 18.8 Å². The molecule has 1 unspecified atom stereocenters. The first-order valence-electron chi connectivity index (χ1n) is 9.29. The highest BCUT2D eigenvalue weighted by atomic mass is 16.5. The maximum Gasteiger partial charge on any atom is 0.322 e. The number of benzene rings is 1. The minimum atomic E-state index is -1.10. The van der Waals surface area contributed by atoms with Gasteiger partial charge in [0.15, 0.2) is 16.9 Å². The second kappa shape index (κ2) is 8.34. The summed E-state index contributed by atoms with van der Waals surface area (Å²) in [7, 11) is 0. The summed E-state index contributed by atoms with van der Waals surface area (Å²) >= 11 is 0. The van der Waals surface area contributed by atoms with E-state index in [9.17, 15) is 24.5 Å². The quantitative estimate of drug-likeness (QED) is 0.561. The molecule has 2 aromatic rings. The molecule has 3 rings (SSSR count). The van der Waals surface area contributed by atoms with E-state index in [4.69, 9.17) is 4.74 Å². The number of fused-ring (bicyclic) bond motifs is 3. The summed E-state index contributed by atoms with van der Waals surface area (Å²) in [5.41, 5.74) is 1.21. The van der Waals surface area contributed by atoms with E-state index in [-0.39, 0.29) is 36.4 Å². The third kappa shape index (κ3) is 3.94. The molecular weight excluding hydrogens is 378 g/mol. The maximum atomic E-state index is 12.4. The number of phenols is 1. The van der Waals surface area contributed by atoms with Crippen molar-refractivity contribution in [3.05, 3.63) is 55.6 Å². The van der Waals surface area contributed by atoms with Crippen LogP contribution in [0.3, 0.4) is 0 Å². The minimum absolute atomic E-state index is 0.0760. The van der Waals surface area contributed by atoms with Gasteiger partial charge in [-0.15, -0.1) is 4.91 Å². The van der Waals surface area contributed by atoms with Crippen molar-refractivity contribution in [2.45, 2.75) is 32.7 Å². The fraction of sp³-hybridized carbons (Fsp3) is 0.400. The van der Waals surface area contributed by atoms with Gasteiger partial charge in [0, 0.05) is 35.5 Å². The van der Waals surface area contributed by atoms with Gasteiger partial charge >= 0.3 is 5.91 Å². The third-order valence-corrected chi connectivity index (χ3v) is 5.06. The van der Waals surface area contributed by atoms with E-state index in [1.807, 2.05) is 13.8 Å². The molecule has 152 valence electrons. The van der Waals surface area contributed by atoms with Crippen molar-refractivity contribution in [3.8, 4) is 22.8 Å². The monoisotopic (exact) mass is 399 g/mol. The van der Waals surface area contributed by atoms with Crippen molar-refractivity contribution in [2.24, 2.45) is 16.3 Å². The molecule has 0 bridgehead atoms. The summed E-state index contributed by atoms with van der Waals surface area (Å²) < 4.78 is 7.36. The molecule has 1 aromatic heterocycles. The van der Waals surface area contributed by atoms with Gasteiger partial charge in [-0.2, -0.15) is 4.91 Å². The molecule has 0 saturated carbocycles. The highest BCUT2D eigenvalue weighted by Gasteiger charge is 2.29. The lowest BCUT2D eigenvalue weighted by Gasteiger charge is -2.33. The number of nitroso groups, excluding NO2 is 2. The Morgan fingerprint density at radius 3 is 2.72 bits per heavy atom. The smallest absolute Gasteiger partial charge is 0.322 e. The van der Waals surface area contributed by atoms with Crippen LogP contribution >= 0.6 is 0 Å². The van der Waals surface area contributed by atoms with Crippen molar-refractivity contribution in [2.75, 3.05) is 13.2 Å². The average Bonchev–Trinajstić information content (AvgIpc) is 2.70. The van der Waals surface area contributed by atoms with Crippen molar-refractivity contribution >= 4 is 5.91 Å².